The first-order chi connectivity index (χ1) is 8.22. The highest BCUT2D eigenvalue weighted by Gasteiger charge is 2.12. The van der Waals surface area contributed by atoms with Crippen molar-refractivity contribution in [3.05, 3.63) is 30.4 Å². The Balaban J connectivity index is 2.14. The Hall–Kier alpha value is -1.95. The lowest BCUT2D eigenvalue weighted by atomic mass is 10.2. The summed E-state index contributed by atoms with van der Waals surface area (Å²) in [5.74, 6) is -0.130. The Morgan fingerprint density at radius 2 is 2.35 bits per heavy atom. The summed E-state index contributed by atoms with van der Waals surface area (Å²) in [6, 6.07) is 0.235. The van der Waals surface area contributed by atoms with Crippen LogP contribution in [0.3, 0.4) is 0 Å². The monoisotopic (exact) mass is 233 g/mol. The van der Waals surface area contributed by atoms with Gasteiger partial charge < -0.3 is 10.6 Å². The first kappa shape index (κ1) is 11.5. The molecule has 0 fully saturated rings. The molecule has 0 saturated carbocycles. The third-order valence-electron chi connectivity index (χ3n) is 2.63. The van der Waals surface area contributed by atoms with Crippen molar-refractivity contribution < 1.29 is 4.79 Å². The van der Waals surface area contributed by atoms with Crippen molar-refractivity contribution in [1.29, 1.82) is 0 Å². The zero-order valence-corrected chi connectivity index (χ0v) is 9.84. The van der Waals surface area contributed by atoms with Gasteiger partial charge in [0.1, 0.15) is 0 Å². The van der Waals surface area contributed by atoms with Crippen molar-refractivity contribution in [2.45, 2.75) is 13.0 Å². The number of nitrogens with zero attached hydrogens (tertiary/aromatic N) is 3. The molecule has 6 nitrogen and oxygen atoms in total. The Morgan fingerprint density at radius 1 is 1.53 bits per heavy atom. The molecule has 0 spiro atoms. The van der Waals surface area contributed by atoms with Gasteiger partial charge in [-0.05, 0) is 14.0 Å². The van der Waals surface area contributed by atoms with Crippen LogP contribution in [0.5, 0.6) is 0 Å². The smallest absolute Gasteiger partial charge is 0.255 e. The van der Waals surface area contributed by atoms with Crippen LogP contribution in [-0.4, -0.2) is 40.1 Å². The molecule has 0 aliphatic heterocycles. The number of likely N-dealkylation sites (N-methyl/N-ethyl adjacent to an activating group) is 1. The lowest BCUT2D eigenvalue weighted by Gasteiger charge is -2.10. The van der Waals surface area contributed by atoms with E-state index in [1.807, 2.05) is 14.0 Å². The quantitative estimate of drug-likeness (QED) is 0.783. The average Bonchev–Trinajstić information content (AvgIpc) is 2.79. The van der Waals surface area contributed by atoms with Gasteiger partial charge in [-0.3, -0.25) is 9.78 Å². The third-order valence-corrected chi connectivity index (χ3v) is 2.63. The Bertz CT molecular complexity index is 521. The summed E-state index contributed by atoms with van der Waals surface area (Å²) in [5, 5.41) is 9.99. The van der Waals surface area contributed by atoms with Crippen molar-refractivity contribution in [3.63, 3.8) is 0 Å². The minimum absolute atomic E-state index is 0.130. The van der Waals surface area contributed by atoms with Crippen molar-refractivity contribution in [2.75, 3.05) is 13.6 Å². The van der Waals surface area contributed by atoms with Crippen molar-refractivity contribution in [2.24, 2.45) is 0 Å². The highest BCUT2D eigenvalue weighted by Crippen LogP contribution is 2.07. The van der Waals surface area contributed by atoms with Crippen LogP contribution in [0.1, 0.15) is 17.3 Å². The number of fused-ring (bicyclic) bond motifs is 1. The number of carbonyl (C=O) groups excluding carboxylic acids is 1. The predicted octanol–water partition coefficient (Wildman–Crippen LogP) is 0.0670. The van der Waals surface area contributed by atoms with E-state index >= 15 is 0 Å². The fraction of sp³-hybridized carbons (Fsp3) is 0.364. The molecule has 17 heavy (non-hydrogen) atoms. The summed E-state index contributed by atoms with van der Waals surface area (Å²) in [7, 11) is 1.86. The average molecular weight is 233 g/mol. The molecule has 2 rings (SSSR count). The van der Waals surface area contributed by atoms with Gasteiger partial charge in [0, 0.05) is 25.0 Å². The van der Waals surface area contributed by atoms with E-state index < -0.39 is 0 Å². The molecule has 1 atom stereocenters. The number of rotatable bonds is 4. The van der Waals surface area contributed by atoms with Gasteiger partial charge in [-0.1, -0.05) is 0 Å². The van der Waals surface area contributed by atoms with E-state index in [1.54, 1.807) is 29.3 Å². The molecule has 2 heterocycles. The van der Waals surface area contributed by atoms with E-state index in [2.05, 4.69) is 20.7 Å². The number of nitrogens with one attached hydrogen (secondary N) is 2. The highest BCUT2D eigenvalue weighted by molar-refractivity contribution is 6.00. The maximum atomic E-state index is 11.9. The summed E-state index contributed by atoms with van der Waals surface area (Å²) in [6.45, 7) is 2.57. The van der Waals surface area contributed by atoms with E-state index in [9.17, 15) is 4.79 Å². The summed E-state index contributed by atoms with van der Waals surface area (Å²) in [5.41, 5.74) is 1.25. The second-order valence-electron chi connectivity index (χ2n) is 3.86. The maximum Gasteiger partial charge on any atom is 0.255 e. The van der Waals surface area contributed by atoms with Gasteiger partial charge in [0.2, 0.25) is 0 Å². The van der Waals surface area contributed by atoms with E-state index in [1.165, 1.54) is 0 Å². The van der Waals surface area contributed by atoms with Crippen molar-refractivity contribution in [1.82, 2.24) is 25.2 Å². The molecule has 6 heteroatoms. The summed E-state index contributed by atoms with van der Waals surface area (Å²) in [4.78, 5) is 15.9. The number of carbonyl (C=O) groups is 1. The van der Waals surface area contributed by atoms with Gasteiger partial charge in [-0.25, -0.2) is 4.52 Å². The lowest BCUT2D eigenvalue weighted by Crippen LogP contribution is -2.37. The van der Waals surface area contributed by atoms with Crippen LogP contribution in [0.4, 0.5) is 0 Å². The standard InChI is InChI=1S/C11H15N5O/c1-8(12-2)5-14-11(17)9-6-15-16-4-3-13-7-10(9)16/h3-4,6-8,12H,5H2,1-2H3,(H,14,17). The molecule has 0 aromatic carbocycles. The van der Waals surface area contributed by atoms with Gasteiger partial charge in [-0.15, -0.1) is 0 Å². The van der Waals surface area contributed by atoms with Crippen molar-refractivity contribution >= 4 is 11.4 Å². The van der Waals surface area contributed by atoms with Crippen LogP contribution in [0, 0.1) is 0 Å². The predicted molar refractivity (Wildman–Crippen MR) is 63.8 cm³/mol. The Labute approximate surface area is 99.0 Å². The zero-order valence-electron chi connectivity index (χ0n) is 9.84. The van der Waals surface area contributed by atoms with E-state index in [4.69, 9.17) is 0 Å². The van der Waals surface area contributed by atoms with Crippen LogP contribution < -0.4 is 10.6 Å². The van der Waals surface area contributed by atoms with E-state index in [0.29, 0.717) is 17.6 Å². The molecule has 1 amide bonds. The van der Waals surface area contributed by atoms with Crippen LogP contribution in [0.15, 0.2) is 24.8 Å². The third kappa shape index (κ3) is 2.42. The Kier molecular flexibility index (Phi) is 3.34. The molecule has 0 aliphatic rings. The molecule has 0 saturated heterocycles. The summed E-state index contributed by atoms with van der Waals surface area (Å²) >= 11 is 0. The molecular weight excluding hydrogens is 218 g/mol. The largest absolute Gasteiger partial charge is 0.350 e. The summed E-state index contributed by atoms with van der Waals surface area (Å²) < 4.78 is 1.63. The van der Waals surface area contributed by atoms with Gasteiger partial charge in [0.25, 0.3) is 5.91 Å². The number of amides is 1. The van der Waals surface area contributed by atoms with Gasteiger partial charge in [0.05, 0.1) is 23.5 Å². The molecule has 2 N–H and O–H groups in total. The SMILES string of the molecule is CNC(C)CNC(=O)c1cnn2ccncc12. The number of hydrogen-bond donors (Lipinski definition) is 2. The van der Waals surface area contributed by atoms with Crippen LogP contribution in [0.2, 0.25) is 0 Å². The topological polar surface area (TPSA) is 71.3 Å². The normalized spacial score (nSPS) is 12.6. The fourth-order valence-corrected chi connectivity index (χ4v) is 1.45. The van der Waals surface area contributed by atoms with Crippen molar-refractivity contribution in [3.8, 4) is 0 Å². The molecular formula is C11H15N5O. The number of hydrogen-bond acceptors (Lipinski definition) is 4. The molecule has 2 aromatic rings. The second-order valence-corrected chi connectivity index (χ2v) is 3.86. The summed E-state index contributed by atoms with van der Waals surface area (Å²) in [6.07, 6.45) is 6.52. The highest BCUT2D eigenvalue weighted by atomic mass is 16.1. The van der Waals surface area contributed by atoms with Gasteiger partial charge >= 0.3 is 0 Å². The second kappa shape index (κ2) is 4.92. The zero-order chi connectivity index (χ0) is 12.3. The molecule has 0 aliphatic carbocycles. The fourth-order valence-electron chi connectivity index (χ4n) is 1.45. The van der Waals surface area contributed by atoms with E-state index in [0.717, 1.165) is 0 Å². The molecule has 2 aromatic heterocycles. The first-order valence-electron chi connectivity index (χ1n) is 5.45. The maximum absolute atomic E-state index is 11.9. The molecule has 90 valence electrons. The molecule has 0 bridgehead atoms. The van der Waals surface area contributed by atoms with Gasteiger partial charge in [-0.2, -0.15) is 5.10 Å². The van der Waals surface area contributed by atoms with Gasteiger partial charge in [0.15, 0.2) is 0 Å². The van der Waals surface area contributed by atoms with Crippen LogP contribution in [-0.2, 0) is 0 Å². The van der Waals surface area contributed by atoms with E-state index in [-0.39, 0.29) is 11.9 Å². The Morgan fingerprint density at radius 3 is 3.12 bits per heavy atom. The molecule has 0 radical (unpaired) electrons. The minimum atomic E-state index is -0.130. The lowest BCUT2D eigenvalue weighted by molar-refractivity contribution is 0.0952. The van der Waals surface area contributed by atoms with Crippen LogP contribution in [0.25, 0.3) is 5.52 Å². The first-order valence-corrected chi connectivity index (χ1v) is 5.45. The number of aromatic nitrogens is 3. The minimum Gasteiger partial charge on any atom is -0.350 e. The van der Waals surface area contributed by atoms with Crippen LogP contribution >= 0.6 is 0 Å². The molecule has 1 unspecified atom stereocenters.